The number of aliphatic hydroxyl groups is 3. The molecule has 0 atom stereocenters. The van der Waals surface area contributed by atoms with Gasteiger partial charge in [0, 0.05) is 102 Å². The van der Waals surface area contributed by atoms with Gasteiger partial charge in [0.25, 0.3) is 0 Å². The second-order valence-corrected chi connectivity index (χ2v) is 14.0. The number of carbonyl (C=O) groups excluding carboxylic acids is 2. The van der Waals surface area contributed by atoms with Crippen molar-refractivity contribution in [3.63, 3.8) is 0 Å². The zero-order valence-corrected chi connectivity index (χ0v) is 30.8. The molecule has 5 N–H and O–H groups in total. The summed E-state index contributed by atoms with van der Waals surface area (Å²) in [5.41, 5.74) is 4.44. The maximum Gasteiger partial charge on any atom is 0.232 e. The Morgan fingerprint density at radius 3 is 1.77 bits per heavy atom. The van der Waals surface area contributed by atoms with Crippen molar-refractivity contribution < 1.29 is 48.8 Å². The van der Waals surface area contributed by atoms with Crippen LogP contribution in [0.1, 0.15) is 74.7 Å². The van der Waals surface area contributed by atoms with Crippen LogP contribution in [-0.4, -0.2) is 125 Å². The minimum Gasteiger partial charge on any atom is -0.390 e. The lowest BCUT2D eigenvalue weighted by atomic mass is 9.88. The third-order valence-electron chi connectivity index (χ3n) is 9.11. The molecule has 0 bridgehead atoms. The highest BCUT2D eigenvalue weighted by Gasteiger charge is 2.35. The highest BCUT2D eigenvalue weighted by molar-refractivity contribution is 6.42. The van der Waals surface area contributed by atoms with Crippen molar-refractivity contribution in [1.29, 1.82) is 0 Å². The van der Waals surface area contributed by atoms with E-state index in [1.54, 1.807) is 24.3 Å². The first kappa shape index (κ1) is 43.7. The van der Waals surface area contributed by atoms with E-state index in [9.17, 15) is 35.0 Å². The summed E-state index contributed by atoms with van der Waals surface area (Å²) in [7, 11) is 0. The molecular formula is C35H50Cl2N4O11. The van der Waals surface area contributed by atoms with Gasteiger partial charge in [-0.15, -0.1) is 0 Å². The number of nitro groups is 1. The summed E-state index contributed by atoms with van der Waals surface area (Å²) in [6.07, 6.45) is 6.45. The molecule has 0 unspecified atom stereocenters. The fourth-order valence-corrected chi connectivity index (χ4v) is 5.80. The minimum absolute atomic E-state index is 0.122. The van der Waals surface area contributed by atoms with E-state index in [2.05, 4.69) is 9.97 Å². The monoisotopic (exact) mass is 772 g/mol. The number of Topliss-reactive ketones (excluding diaryl/α,β-unsaturated/α-hetero) is 2. The number of carbonyl (C=O) groups is 2. The number of nitrogens with two attached hydrogens (primary N) is 1. The van der Waals surface area contributed by atoms with E-state index in [1.165, 1.54) is 6.33 Å². The van der Waals surface area contributed by atoms with Gasteiger partial charge in [0.2, 0.25) is 6.54 Å². The van der Waals surface area contributed by atoms with E-state index in [1.807, 2.05) is 0 Å². The Morgan fingerprint density at radius 2 is 1.31 bits per heavy atom. The average Bonchev–Trinajstić information content (AvgIpc) is 3.13. The largest absolute Gasteiger partial charge is 0.390 e. The number of aromatic nitrogens is 2. The van der Waals surface area contributed by atoms with Gasteiger partial charge in [0.05, 0.1) is 40.2 Å². The summed E-state index contributed by atoms with van der Waals surface area (Å²) in [6.45, 7) is 4.46. The van der Waals surface area contributed by atoms with E-state index < -0.39 is 21.7 Å². The molecule has 0 radical (unpaired) electrons. The third-order valence-corrected chi connectivity index (χ3v) is 9.85. The van der Waals surface area contributed by atoms with Gasteiger partial charge in [-0.05, 0) is 37.5 Å². The van der Waals surface area contributed by atoms with Gasteiger partial charge in [0.15, 0.2) is 5.78 Å². The number of benzene rings is 1. The SMILES string of the molecule is NCC1(O)CCOCC1.O=C(CCC1(O)CCOCC1)c1cc(-c2ccc(Cl)c(Cl)c2)ncn1.O=C1CCOCC1.O=[N+]([O-])CC1(O)CCOCC1. The molecule has 4 fully saturated rings. The Balaban J connectivity index is 0.000000220. The summed E-state index contributed by atoms with van der Waals surface area (Å²) in [5, 5.41) is 40.4. The Labute approximate surface area is 313 Å². The van der Waals surface area contributed by atoms with Gasteiger partial charge in [-0.1, -0.05) is 29.3 Å². The summed E-state index contributed by atoms with van der Waals surface area (Å²) in [4.78, 5) is 40.7. The number of rotatable bonds is 8. The molecule has 0 aliphatic carbocycles. The van der Waals surface area contributed by atoms with E-state index in [0.717, 1.165) is 5.56 Å². The Kier molecular flexibility index (Phi) is 18.4. The summed E-state index contributed by atoms with van der Waals surface area (Å²) in [6, 6.07) is 6.81. The van der Waals surface area contributed by atoms with Crippen molar-refractivity contribution in [2.24, 2.45) is 5.73 Å². The molecule has 4 aliphatic rings. The summed E-state index contributed by atoms with van der Waals surface area (Å²) in [5.74, 6) is 0.217. The third kappa shape index (κ3) is 15.7. The molecule has 1 aromatic heterocycles. The molecule has 5 heterocycles. The lowest BCUT2D eigenvalue weighted by molar-refractivity contribution is -0.502. The Bertz CT molecular complexity index is 1430. The van der Waals surface area contributed by atoms with E-state index in [0.29, 0.717) is 144 Å². The van der Waals surface area contributed by atoms with Crippen molar-refractivity contribution >= 4 is 34.8 Å². The van der Waals surface area contributed by atoms with Crippen LogP contribution in [0.15, 0.2) is 30.6 Å². The van der Waals surface area contributed by atoms with Crippen LogP contribution >= 0.6 is 23.2 Å². The zero-order chi connectivity index (χ0) is 38.0. The van der Waals surface area contributed by atoms with Gasteiger partial charge in [-0.25, -0.2) is 9.97 Å². The van der Waals surface area contributed by atoms with Crippen LogP contribution in [0.3, 0.4) is 0 Å². The molecule has 6 rings (SSSR count). The number of hydrogen-bond acceptors (Lipinski definition) is 14. The fourth-order valence-electron chi connectivity index (χ4n) is 5.50. The Morgan fingerprint density at radius 1 is 0.788 bits per heavy atom. The molecule has 290 valence electrons. The molecule has 15 nitrogen and oxygen atoms in total. The lowest BCUT2D eigenvalue weighted by Gasteiger charge is -2.31. The van der Waals surface area contributed by atoms with E-state index in [4.69, 9.17) is 47.9 Å². The van der Waals surface area contributed by atoms with Crippen LogP contribution in [0.4, 0.5) is 0 Å². The molecule has 52 heavy (non-hydrogen) atoms. The number of halogens is 2. The predicted molar refractivity (Wildman–Crippen MR) is 192 cm³/mol. The van der Waals surface area contributed by atoms with Crippen LogP contribution < -0.4 is 5.73 Å². The molecule has 0 saturated carbocycles. The van der Waals surface area contributed by atoms with Crippen LogP contribution in [0.5, 0.6) is 0 Å². The fraction of sp³-hybridized carbons (Fsp3) is 0.657. The maximum atomic E-state index is 12.5. The standard InChI is InChI=1S/C18H18Cl2N2O3.C6H11NO4.C6H13NO2.C5H8O2/c19-13-2-1-12(9-14(13)20)15-10-16(22-11-21-15)17(23)3-4-18(24)5-7-25-8-6-18;8-6(5-7(9)10)1-3-11-4-2-6;7-5-6(8)1-3-9-4-2-6;6-5-1-3-7-4-2-5/h1-2,9-11,24H,3-8H2;8H,1-5H2;8H,1-5,7H2;1-4H2. The van der Waals surface area contributed by atoms with Crippen molar-refractivity contribution in [3.8, 4) is 11.3 Å². The predicted octanol–water partition coefficient (Wildman–Crippen LogP) is 3.61. The minimum atomic E-state index is -1.12. The molecule has 4 aliphatic heterocycles. The summed E-state index contributed by atoms with van der Waals surface area (Å²) < 4.78 is 20.2. The highest BCUT2D eigenvalue weighted by Crippen LogP contribution is 2.29. The first-order chi connectivity index (χ1) is 24.8. The van der Waals surface area contributed by atoms with Gasteiger partial charge < -0.3 is 40.0 Å². The van der Waals surface area contributed by atoms with E-state index >= 15 is 0 Å². The molecule has 17 heteroatoms. The van der Waals surface area contributed by atoms with Crippen LogP contribution in [0, 0.1) is 10.1 Å². The Hall–Kier alpha value is -2.70. The zero-order valence-electron chi connectivity index (χ0n) is 29.3. The van der Waals surface area contributed by atoms with Crippen molar-refractivity contribution in [2.45, 2.75) is 81.0 Å². The normalized spacial score (nSPS) is 20.4. The first-order valence-corrected chi connectivity index (χ1v) is 18.1. The topological polar surface area (TPSA) is 227 Å². The quantitative estimate of drug-likeness (QED) is 0.171. The molecule has 2 aromatic rings. The molecule has 1 aromatic carbocycles. The van der Waals surface area contributed by atoms with Gasteiger partial charge in [0.1, 0.15) is 23.4 Å². The van der Waals surface area contributed by atoms with Crippen molar-refractivity contribution in [2.75, 3.05) is 65.9 Å². The smallest absolute Gasteiger partial charge is 0.232 e. The maximum absolute atomic E-state index is 12.5. The number of hydrogen-bond donors (Lipinski definition) is 4. The molecule has 0 spiro atoms. The van der Waals surface area contributed by atoms with Gasteiger partial charge in [-0.2, -0.15) is 0 Å². The number of ether oxygens (including phenoxy) is 4. The van der Waals surface area contributed by atoms with E-state index in [-0.39, 0.29) is 18.7 Å². The average molecular weight is 774 g/mol. The highest BCUT2D eigenvalue weighted by atomic mass is 35.5. The number of ketones is 2. The molecular weight excluding hydrogens is 723 g/mol. The second-order valence-electron chi connectivity index (χ2n) is 13.2. The van der Waals surface area contributed by atoms with Crippen molar-refractivity contribution in [1.82, 2.24) is 9.97 Å². The van der Waals surface area contributed by atoms with Crippen molar-refractivity contribution in [3.05, 3.63) is 56.4 Å². The van der Waals surface area contributed by atoms with Crippen LogP contribution in [-0.2, 0) is 23.7 Å². The first-order valence-electron chi connectivity index (χ1n) is 17.4. The lowest BCUT2D eigenvalue weighted by Crippen LogP contribution is -2.42. The molecule has 0 amide bonds. The number of nitrogens with zero attached hydrogens (tertiary/aromatic N) is 3. The van der Waals surface area contributed by atoms with Gasteiger partial charge in [-0.3, -0.25) is 19.7 Å². The van der Waals surface area contributed by atoms with Crippen LogP contribution in [0.2, 0.25) is 10.0 Å². The second kappa shape index (κ2) is 21.9. The van der Waals surface area contributed by atoms with Crippen LogP contribution in [0.25, 0.3) is 11.3 Å². The van der Waals surface area contributed by atoms with Gasteiger partial charge >= 0.3 is 0 Å². The summed E-state index contributed by atoms with van der Waals surface area (Å²) >= 11 is 12.0. The molecule has 4 saturated heterocycles.